The standard InChI is InChI=1S/C14H22FN/c1-11(2)7-8-14(16-3)10-12-5-4-6-13(15)9-12/h4-6,9,11,14,16H,7-8,10H2,1-3H3. The van der Waals surface area contributed by atoms with Crippen molar-refractivity contribution in [1.29, 1.82) is 0 Å². The zero-order valence-electron chi connectivity index (χ0n) is 10.5. The van der Waals surface area contributed by atoms with Crippen molar-refractivity contribution in [1.82, 2.24) is 5.32 Å². The molecule has 0 saturated carbocycles. The molecule has 0 spiro atoms. The lowest BCUT2D eigenvalue weighted by Crippen LogP contribution is -2.27. The van der Waals surface area contributed by atoms with E-state index >= 15 is 0 Å². The monoisotopic (exact) mass is 223 g/mol. The molecule has 0 aliphatic heterocycles. The van der Waals surface area contributed by atoms with Crippen molar-refractivity contribution in [3.8, 4) is 0 Å². The average molecular weight is 223 g/mol. The van der Waals surface area contributed by atoms with E-state index in [1.54, 1.807) is 12.1 Å². The third-order valence-electron chi connectivity index (χ3n) is 2.87. The third-order valence-corrected chi connectivity index (χ3v) is 2.87. The molecule has 1 N–H and O–H groups in total. The molecule has 1 aromatic rings. The maximum Gasteiger partial charge on any atom is 0.123 e. The van der Waals surface area contributed by atoms with Gasteiger partial charge in [-0.25, -0.2) is 4.39 Å². The van der Waals surface area contributed by atoms with Crippen LogP contribution in [0.15, 0.2) is 24.3 Å². The van der Waals surface area contributed by atoms with E-state index < -0.39 is 0 Å². The minimum absolute atomic E-state index is 0.142. The SMILES string of the molecule is CNC(CCC(C)C)Cc1cccc(F)c1. The molecule has 0 fully saturated rings. The van der Waals surface area contributed by atoms with Crippen molar-refractivity contribution in [2.75, 3.05) is 7.05 Å². The van der Waals surface area contributed by atoms with Gasteiger partial charge >= 0.3 is 0 Å². The first-order chi connectivity index (χ1) is 7.61. The van der Waals surface area contributed by atoms with Crippen LogP contribution in [0.4, 0.5) is 4.39 Å². The molecule has 1 unspecified atom stereocenters. The van der Waals surface area contributed by atoms with Gasteiger partial charge in [0.2, 0.25) is 0 Å². The van der Waals surface area contributed by atoms with Crippen LogP contribution in [0.5, 0.6) is 0 Å². The smallest absolute Gasteiger partial charge is 0.123 e. The van der Waals surface area contributed by atoms with Gasteiger partial charge in [0, 0.05) is 6.04 Å². The molecule has 0 aliphatic carbocycles. The topological polar surface area (TPSA) is 12.0 Å². The Balaban J connectivity index is 2.49. The second kappa shape index (κ2) is 6.64. The molecule has 0 aliphatic rings. The summed E-state index contributed by atoms with van der Waals surface area (Å²) in [7, 11) is 1.98. The molecule has 0 aromatic heterocycles. The summed E-state index contributed by atoms with van der Waals surface area (Å²) in [6.07, 6.45) is 3.26. The molecule has 0 radical (unpaired) electrons. The van der Waals surface area contributed by atoms with Gasteiger partial charge in [-0.2, -0.15) is 0 Å². The largest absolute Gasteiger partial charge is 0.317 e. The summed E-state index contributed by atoms with van der Waals surface area (Å²) in [6.45, 7) is 4.46. The first-order valence-corrected chi connectivity index (χ1v) is 6.03. The number of nitrogens with one attached hydrogen (secondary N) is 1. The Hall–Kier alpha value is -0.890. The zero-order chi connectivity index (χ0) is 12.0. The lowest BCUT2D eigenvalue weighted by Gasteiger charge is -2.17. The zero-order valence-corrected chi connectivity index (χ0v) is 10.5. The molecule has 0 bridgehead atoms. The van der Waals surface area contributed by atoms with Crippen molar-refractivity contribution in [3.05, 3.63) is 35.6 Å². The summed E-state index contributed by atoms with van der Waals surface area (Å²) in [5.41, 5.74) is 1.07. The van der Waals surface area contributed by atoms with Crippen LogP contribution in [0.1, 0.15) is 32.3 Å². The Labute approximate surface area is 98.1 Å². The number of likely N-dealkylation sites (N-methyl/N-ethyl adjacent to an activating group) is 1. The first-order valence-electron chi connectivity index (χ1n) is 6.03. The fourth-order valence-electron chi connectivity index (χ4n) is 1.83. The van der Waals surface area contributed by atoms with Crippen LogP contribution < -0.4 is 5.32 Å². The highest BCUT2D eigenvalue weighted by molar-refractivity contribution is 5.17. The lowest BCUT2D eigenvalue weighted by atomic mass is 9.98. The molecule has 1 atom stereocenters. The quantitative estimate of drug-likeness (QED) is 0.779. The summed E-state index contributed by atoms with van der Waals surface area (Å²) in [6, 6.07) is 7.33. The highest BCUT2D eigenvalue weighted by Crippen LogP contribution is 2.12. The fourth-order valence-corrected chi connectivity index (χ4v) is 1.83. The van der Waals surface area contributed by atoms with Crippen LogP contribution in [0.2, 0.25) is 0 Å². The highest BCUT2D eigenvalue weighted by atomic mass is 19.1. The van der Waals surface area contributed by atoms with E-state index in [9.17, 15) is 4.39 Å². The Morgan fingerprint density at radius 2 is 2.00 bits per heavy atom. The minimum Gasteiger partial charge on any atom is -0.317 e. The molecule has 0 saturated heterocycles. The molecule has 2 heteroatoms. The number of rotatable bonds is 6. The Bertz CT molecular complexity index is 309. The first kappa shape index (κ1) is 13.2. The van der Waals surface area contributed by atoms with Gasteiger partial charge in [0.05, 0.1) is 0 Å². The molecular weight excluding hydrogens is 201 g/mol. The van der Waals surface area contributed by atoms with Crippen molar-refractivity contribution < 1.29 is 4.39 Å². The average Bonchev–Trinajstić information content (AvgIpc) is 2.24. The number of halogens is 1. The summed E-state index contributed by atoms with van der Waals surface area (Å²) < 4.78 is 13.0. The number of benzene rings is 1. The summed E-state index contributed by atoms with van der Waals surface area (Å²) in [4.78, 5) is 0. The van der Waals surface area contributed by atoms with Gasteiger partial charge in [0.1, 0.15) is 5.82 Å². The Morgan fingerprint density at radius 1 is 1.25 bits per heavy atom. The van der Waals surface area contributed by atoms with Gasteiger partial charge in [-0.05, 0) is 49.9 Å². The lowest BCUT2D eigenvalue weighted by molar-refractivity contribution is 0.450. The van der Waals surface area contributed by atoms with E-state index in [0.29, 0.717) is 6.04 Å². The maximum absolute atomic E-state index is 13.0. The summed E-state index contributed by atoms with van der Waals surface area (Å²) >= 11 is 0. The van der Waals surface area contributed by atoms with Crippen molar-refractivity contribution in [2.45, 2.75) is 39.2 Å². The summed E-state index contributed by atoms with van der Waals surface area (Å²) in [5.74, 6) is 0.583. The predicted molar refractivity (Wildman–Crippen MR) is 67.0 cm³/mol. The highest BCUT2D eigenvalue weighted by Gasteiger charge is 2.08. The van der Waals surface area contributed by atoms with E-state index in [-0.39, 0.29) is 5.82 Å². The Kier molecular flexibility index (Phi) is 5.47. The molecule has 16 heavy (non-hydrogen) atoms. The van der Waals surface area contributed by atoms with E-state index in [4.69, 9.17) is 0 Å². The third kappa shape index (κ3) is 4.75. The fraction of sp³-hybridized carbons (Fsp3) is 0.571. The van der Waals surface area contributed by atoms with E-state index in [1.165, 1.54) is 12.5 Å². The second-order valence-electron chi connectivity index (χ2n) is 4.79. The summed E-state index contributed by atoms with van der Waals surface area (Å²) in [5, 5.41) is 3.30. The molecule has 1 nitrogen and oxygen atoms in total. The van der Waals surface area contributed by atoms with Gasteiger partial charge in [0.25, 0.3) is 0 Å². The second-order valence-corrected chi connectivity index (χ2v) is 4.79. The normalized spacial score (nSPS) is 13.1. The predicted octanol–water partition coefficient (Wildman–Crippen LogP) is 3.39. The van der Waals surface area contributed by atoms with Crippen LogP contribution in [0, 0.1) is 11.7 Å². The van der Waals surface area contributed by atoms with E-state index in [0.717, 1.165) is 24.3 Å². The minimum atomic E-state index is -0.142. The van der Waals surface area contributed by atoms with Gasteiger partial charge in [-0.15, -0.1) is 0 Å². The Morgan fingerprint density at radius 3 is 2.56 bits per heavy atom. The molecule has 0 amide bonds. The van der Waals surface area contributed by atoms with Crippen LogP contribution in [0.3, 0.4) is 0 Å². The van der Waals surface area contributed by atoms with E-state index in [1.807, 2.05) is 13.1 Å². The van der Waals surface area contributed by atoms with Gasteiger partial charge in [-0.1, -0.05) is 26.0 Å². The van der Waals surface area contributed by atoms with Crippen LogP contribution in [-0.2, 0) is 6.42 Å². The van der Waals surface area contributed by atoms with Crippen LogP contribution in [-0.4, -0.2) is 13.1 Å². The van der Waals surface area contributed by atoms with Crippen molar-refractivity contribution >= 4 is 0 Å². The van der Waals surface area contributed by atoms with Crippen LogP contribution >= 0.6 is 0 Å². The molecule has 1 rings (SSSR count). The van der Waals surface area contributed by atoms with Gasteiger partial charge in [0.15, 0.2) is 0 Å². The molecule has 1 aromatic carbocycles. The van der Waals surface area contributed by atoms with Crippen LogP contribution in [0.25, 0.3) is 0 Å². The van der Waals surface area contributed by atoms with E-state index in [2.05, 4.69) is 19.2 Å². The maximum atomic E-state index is 13.0. The molecular formula is C14H22FN. The van der Waals surface area contributed by atoms with Crippen molar-refractivity contribution in [2.24, 2.45) is 5.92 Å². The van der Waals surface area contributed by atoms with Gasteiger partial charge in [-0.3, -0.25) is 0 Å². The number of hydrogen-bond acceptors (Lipinski definition) is 1. The van der Waals surface area contributed by atoms with Gasteiger partial charge < -0.3 is 5.32 Å². The number of hydrogen-bond donors (Lipinski definition) is 1. The molecule has 90 valence electrons. The molecule has 0 heterocycles. The van der Waals surface area contributed by atoms with Crippen molar-refractivity contribution in [3.63, 3.8) is 0 Å².